The zero-order valence-corrected chi connectivity index (χ0v) is 13.0. The number of hydrogen-bond donors (Lipinski definition) is 0. The van der Waals surface area contributed by atoms with E-state index in [0.717, 1.165) is 4.47 Å². The molecule has 4 aromatic rings. The molecule has 0 aliphatic heterocycles. The van der Waals surface area contributed by atoms with E-state index >= 15 is 0 Å². The number of benzene rings is 4. The highest BCUT2D eigenvalue weighted by Crippen LogP contribution is 2.28. The van der Waals surface area contributed by atoms with E-state index < -0.39 is 0 Å². The van der Waals surface area contributed by atoms with Gasteiger partial charge in [-0.05, 0) is 56.9 Å². The summed E-state index contributed by atoms with van der Waals surface area (Å²) in [4.78, 5) is 0. The predicted molar refractivity (Wildman–Crippen MR) is 94.6 cm³/mol. The normalized spacial score (nSPS) is 11.1. The zero-order chi connectivity index (χ0) is 14.2. The summed E-state index contributed by atoms with van der Waals surface area (Å²) in [5.41, 5.74) is 2.52. The van der Waals surface area contributed by atoms with Gasteiger partial charge in [-0.25, -0.2) is 0 Å². The smallest absolute Gasteiger partial charge is 0.0181 e. The summed E-state index contributed by atoms with van der Waals surface area (Å²) >= 11 is 3.52. The Morgan fingerprint density at radius 1 is 0.476 bits per heavy atom. The van der Waals surface area contributed by atoms with E-state index in [9.17, 15) is 0 Å². The Labute approximate surface area is 132 Å². The molecular weight excluding hydrogens is 320 g/mol. The summed E-state index contributed by atoms with van der Waals surface area (Å²) in [5.74, 6) is 0. The molecule has 4 rings (SSSR count). The molecule has 0 nitrogen and oxygen atoms in total. The van der Waals surface area contributed by atoms with E-state index in [2.05, 4.69) is 94.8 Å². The Morgan fingerprint density at radius 2 is 1.00 bits per heavy atom. The second-order valence-electron chi connectivity index (χ2n) is 5.27. The fraction of sp³-hybridized carbons (Fsp3) is 0. The SMILES string of the molecule is Brc1ccc2cc(-c3ccc4ccccc4c3)ccc2c1. The molecule has 0 radical (unpaired) electrons. The molecule has 1 heteroatoms. The van der Waals surface area contributed by atoms with Gasteiger partial charge in [0.2, 0.25) is 0 Å². The van der Waals surface area contributed by atoms with Crippen LogP contribution in [0.15, 0.2) is 83.3 Å². The van der Waals surface area contributed by atoms with Crippen molar-refractivity contribution in [1.82, 2.24) is 0 Å². The van der Waals surface area contributed by atoms with E-state index in [4.69, 9.17) is 0 Å². The second-order valence-corrected chi connectivity index (χ2v) is 6.18. The third-order valence-corrected chi connectivity index (χ3v) is 4.38. The lowest BCUT2D eigenvalue weighted by atomic mass is 9.99. The van der Waals surface area contributed by atoms with Gasteiger partial charge in [0, 0.05) is 4.47 Å². The lowest BCUT2D eigenvalue weighted by Crippen LogP contribution is -1.80. The van der Waals surface area contributed by atoms with E-state index in [1.54, 1.807) is 0 Å². The van der Waals surface area contributed by atoms with Crippen molar-refractivity contribution in [3.8, 4) is 11.1 Å². The van der Waals surface area contributed by atoms with E-state index in [0.29, 0.717) is 0 Å². The largest absolute Gasteiger partial charge is 0.0616 e. The summed E-state index contributed by atoms with van der Waals surface area (Å²) in [6.45, 7) is 0. The van der Waals surface area contributed by atoms with Crippen LogP contribution in [0.5, 0.6) is 0 Å². The molecule has 0 aromatic heterocycles. The molecule has 0 atom stereocenters. The van der Waals surface area contributed by atoms with Gasteiger partial charge in [-0.1, -0.05) is 70.5 Å². The number of hydrogen-bond acceptors (Lipinski definition) is 0. The van der Waals surface area contributed by atoms with Crippen LogP contribution in [0.25, 0.3) is 32.7 Å². The van der Waals surface area contributed by atoms with Crippen LogP contribution in [0.1, 0.15) is 0 Å². The van der Waals surface area contributed by atoms with Crippen LogP contribution < -0.4 is 0 Å². The van der Waals surface area contributed by atoms with E-state index in [1.165, 1.54) is 32.7 Å². The molecule has 0 heterocycles. The van der Waals surface area contributed by atoms with Crippen molar-refractivity contribution >= 4 is 37.5 Å². The first kappa shape index (κ1) is 12.6. The highest BCUT2D eigenvalue weighted by atomic mass is 79.9. The lowest BCUT2D eigenvalue weighted by molar-refractivity contribution is 1.66. The summed E-state index contributed by atoms with van der Waals surface area (Å²) in [6.07, 6.45) is 0. The van der Waals surface area contributed by atoms with Crippen molar-refractivity contribution in [3.63, 3.8) is 0 Å². The average Bonchev–Trinajstić information content (AvgIpc) is 2.54. The fourth-order valence-corrected chi connectivity index (χ4v) is 3.14. The number of rotatable bonds is 1. The first-order valence-electron chi connectivity index (χ1n) is 6.98. The predicted octanol–water partition coefficient (Wildman–Crippen LogP) is 6.42. The summed E-state index contributed by atoms with van der Waals surface area (Å²) in [5, 5.41) is 5.09. The van der Waals surface area contributed by atoms with Gasteiger partial charge in [0.1, 0.15) is 0 Å². The van der Waals surface area contributed by atoms with Crippen LogP contribution >= 0.6 is 15.9 Å². The van der Waals surface area contributed by atoms with Gasteiger partial charge in [0.15, 0.2) is 0 Å². The van der Waals surface area contributed by atoms with Crippen molar-refractivity contribution in [2.75, 3.05) is 0 Å². The van der Waals surface area contributed by atoms with Crippen molar-refractivity contribution in [2.24, 2.45) is 0 Å². The van der Waals surface area contributed by atoms with Gasteiger partial charge < -0.3 is 0 Å². The molecule has 0 fully saturated rings. The lowest BCUT2D eigenvalue weighted by Gasteiger charge is -2.06. The molecular formula is C20H13Br. The van der Waals surface area contributed by atoms with Crippen LogP contribution in [0.2, 0.25) is 0 Å². The van der Waals surface area contributed by atoms with Crippen molar-refractivity contribution < 1.29 is 0 Å². The number of halogens is 1. The van der Waals surface area contributed by atoms with Crippen molar-refractivity contribution in [1.29, 1.82) is 0 Å². The van der Waals surface area contributed by atoms with Gasteiger partial charge in [-0.2, -0.15) is 0 Å². The topological polar surface area (TPSA) is 0 Å². The maximum atomic E-state index is 3.52. The van der Waals surface area contributed by atoms with Crippen LogP contribution in [-0.4, -0.2) is 0 Å². The van der Waals surface area contributed by atoms with Crippen molar-refractivity contribution in [2.45, 2.75) is 0 Å². The minimum Gasteiger partial charge on any atom is -0.0616 e. The molecule has 0 unspecified atom stereocenters. The first-order valence-corrected chi connectivity index (χ1v) is 7.77. The number of fused-ring (bicyclic) bond motifs is 2. The third kappa shape index (κ3) is 2.34. The fourth-order valence-electron chi connectivity index (χ4n) is 2.77. The average molecular weight is 333 g/mol. The van der Waals surface area contributed by atoms with Crippen LogP contribution in [0, 0.1) is 0 Å². The molecule has 0 amide bonds. The Hall–Kier alpha value is -2.12. The summed E-state index contributed by atoms with van der Waals surface area (Å²) < 4.78 is 1.12. The van der Waals surface area contributed by atoms with E-state index in [1.807, 2.05) is 0 Å². The monoisotopic (exact) mass is 332 g/mol. The maximum Gasteiger partial charge on any atom is 0.0181 e. The van der Waals surface area contributed by atoms with Crippen LogP contribution in [0.3, 0.4) is 0 Å². The minimum absolute atomic E-state index is 1.12. The second kappa shape index (κ2) is 5.01. The maximum absolute atomic E-state index is 3.52. The van der Waals surface area contributed by atoms with Gasteiger partial charge in [0.05, 0.1) is 0 Å². The Balaban J connectivity index is 1.89. The Kier molecular flexibility index (Phi) is 3.01. The highest BCUT2D eigenvalue weighted by Gasteiger charge is 2.02. The standard InChI is InChI=1S/C20H13Br/c21-20-10-9-18-12-17(7-8-19(18)13-20)16-6-5-14-3-1-2-4-15(14)11-16/h1-13H. The third-order valence-electron chi connectivity index (χ3n) is 3.89. The summed E-state index contributed by atoms with van der Waals surface area (Å²) in [7, 11) is 0. The molecule has 0 bridgehead atoms. The molecule has 0 saturated carbocycles. The van der Waals surface area contributed by atoms with Gasteiger partial charge in [-0.3, -0.25) is 0 Å². The molecule has 4 aromatic carbocycles. The first-order chi connectivity index (χ1) is 10.3. The Morgan fingerprint density at radius 3 is 1.76 bits per heavy atom. The molecule has 100 valence electrons. The van der Waals surface area contributed by atoms with Gasteiger partial charge in [0.25, 0.3) is 0 Å². The minimum atomic E-state index is 1.12. The van der Waals surface area contributed by atoms with Crippen molar-refractivity contribution in [3.05, 3.63) is 83.3 Å². The molecule has 0 spiro atoms. The molecule has 0 N–H and O–H groups in total. The van der Waals surface area contributed by atoms with Gasteiger partial charge in [-0.15, -0.1) is 0 Å². The molecule has 0 aliphatic carbocycles. The zero-order valence-electron chi connectivity index (χ0n) is 11.4. The van der Waals surface area contributed by atoms with Crippen LogP contribution in [0.4, 0.5) is 0 Å². The highest BCUT2D eigenvalue weighted by molar-refractivity contribution is 9.10. The molecule has 0 saturated heterocycles. The van der Waals surface area contributed by atoms with Crippen LogP contribution in [-0.2, 0) is 0 Å². The quantitative estimate of drug-likeness (QED) is 0.377. The van der Waals surface area contributed by atoms with E-state index in [-0.39, 0.29) is 0 Å². The molecule has 0 aliphatic rings. The molecule has 21 heavy (non-hydrogen) atoms. The Bertz CT molecular complexity index is 954. The summed E-state index contributed by atoms with van der Waals surface area (Å²) in [6, 6.07) is 28.2. The van der Waals surface area contributed by atoms with Gasteiger partial charge >= 0.3 is 0 Å².